The van der Waals surface area contributed by atoms with Gasteiger partial charge in [0.05, 0.1) is 5.39 Å². The van der Waals surface area contributed by atoms with E-state index in [0.29, 0.717) is 16.7 Å². The summed E-state index contributed by atoms with van der Waals surface area (Å²) in [7, 11) is 0. The first-order chi connectivity index (χ1) is 10.8. The van der Waals surface area contributed by atoms with Gasteiger partial charge in [-0.25, -0.2) is 0 Å². The van der Waals surface area contributed by atoms with Crippen LogP contribution < -0.4 is 10.2 Å². The Labute approximate surface area is 134 Å². The van der Waals surface area contributed by atoms with E-state index in [4.69, 9.17) is 9.15 Å². The first-order valence-corrected chi connectivity index (χ1v) is 7.37. The highest BCUT2D eigenvalue weighted by atomic mass is 16.5. The van der Waals surface area contributed by atoms with Crippen molar-refractivity contribution in [2.45, 2.75) is 26.2 Å². The number of hydrogen-bond donors (Lipinski definition) is 1. The van der Waals surface area contributed by atoms with Crippen molar-refractivity contribution in [2.24, 2.45) is 0 Å². The topological polar surface area (TPSA) is 59.7 Å². The predicted octanol–water partition coefficient (Wildman–Crippen LogP) is 4.59. The molecule has 0 atom stereocenters. The second kappa shape index (κ2) is 5.47. The number of aromatic hydroxyl groups is 1. The first kappa shape index (κ1) is 15.2. The molecule has 0 spiro atoms. The molecule has 4 nitrogen and oxygen atoms in total. The maximum atomic E-state index is 12.4. The molecule has 23 heavy (non-hydrogen) atoms. The van der Waals surface area contributed by atoms with Crippen LogP contribution in [0, 0.1) is 0 Å². The molecular formula is C19H18O4. The van der Waals surface area contributed by atoms with Crippen molar-refractivity contribution in [3.63, 3.8) is 0 Å². The molecule has 0 amide bonds. The van der Waals surface area contributed by atoms with Gasteiger partial charge in [-0.05, 0) is 35.2 Å². The number of hydrogen-bond acceptors (Lipinski definition) is 4. The van der Waals surface area contributed by atoms with Crippen LogP contribution in [0.2, 0.25) is 0 Å². The van der Waals surface area contributed by atoms with E-state index in [2.05, 4.69) is 20.8 Å². The van der Waals surface area contributed by atoms with E-state index < -0.39 is 0 Å². The van der Waals surface area contributed by atoms with Crippen LogP contribution in [0.3, 0.4) is 0 Å². The lowest BCUT2D eigenvalue weighted by Crippen LogP contribution is -2.10. The predicted molar refractivity (Wildman–Crippen MR) is 89.4 cm³/mol. The van der Waals surface area contributed by atoms with Crippen LogP contribution in [0.4, 0.5) is 0 Å². The molecule has 3 aromatic rings. The Morgan fingerprint density at radius 3 is 2.39 bits per heavy atom. The molecule has 0 aliphatic carbocycles. The van der Waals surface area contributed by atoms with E-state index in [-0.39, 0.29) is 22.3 Å². The summed E-state index contributed by atoms with van der Waals surface area (Å²) in [6.07, 6.45) is 1.27. The molecule has 0 bridgehead atoms. The summed E-state index contributed by atoms with van der Waals surface area (Å²) in [4.78, 5) is 12.4. The summed E-state index contributed by atoms with van der Waals surface area (Å²) < 4.78 is 11.0. The summed E-state index contributed by atoms with van der Waals surface area (Å²) in [5, 5.41) is 9.79. The van der Waals surface area contributed by atoms with Gasteiger partial charge in [-0.2, -0.15) is 0 Å². The van der Waals surface area contributed by atoms with Crippen LogP contribution in [-0.2, 0) is 5.41 Å². The Kier molecular flexibility index (Phi) is 3.60. The minimum atomic E-state index is -0.272. The van der Waals surface area contributed by atoms with Crippen LogP contribution in [0.25, 0.3) is 11.0 Å². The maximum absolute atomic E-state index is 12.4. The molecule has 3 rings (SSSR count). The van der Waals surface area contributed by atoms with Gasteiger partial charge in [0, 0.05) is 6.07 Å². The third-order valence-electron chi connectivity index (χ3n) is 3.67. The average molecular weight is 310 g/mol. The summed E-state index contributed by atoms with van der Waals surface area (Å²) in [5.41, 5.74) is 1.30. The molecular weight excluding hydrogens is 292 g/mol. The molecule has 1 heterocycles. The minimum absolute atomic E-state index is 0.0482. The fraction of sp³-hybridized carbons (Fsp3) is 0.211. The van der Waals surface area contributed by atoms with Gasteiger partial charge in [-0.15, -0.1) is 0 Å². The zero-order valence-corrected chi connectivity index (χ0v) is 13.3. The van der Waals surface area contributed by atoms with Crippen molar-refractivity contribution in [3.05, 3.63) is 64.5 Å². The number of ether oxygens (including phenoxy) is 1. The molecule has 0 unspecified atom stereocenters. The molecule has 1 N–H and O–H groups in total. The first-order valence-electron chi connectivity index (χ1n) is 7.37. The van der Waals surface area contributed by atoms with Crippen molar-refractivity contribution >= 4 is 11.0 Å². The SMILES string of the molecule is CC(C)(C)c1ccc(Oc2coc3cc(O)ccc3c2=O)cc1. The minimum Gasteiger partial charge on any atom is -0.508 e. The van der Waals surface area contributed by atoms with Crippen LogP contribution in [0.5, 0.6) is 17.2 Å². The Morgan fingerprint density at radius 2 is 1.74 bits per heavy atom. The zero-order chi connectivity index (χ0) is 16.6. The molecule has 0 fully saturated rings. The lowest BCUT2D eigenvalue weighted by atomic mass is 9.87. The normalized spacial score (nSPS) is 11.6. The molecule has 118 valence electrons. The molecule has 0 aliphatic rings. The van der Waals surface area contributed by atoms with Gasteiger partial charge in [0.25, 0.3) is 0 Å². The quantitative estimate of drug-likeness (QED) is 0.752. The van der Waals surface area contributed by atoms with Gasteiger partial charge in [-0.1, -0.05) is 32.9 Å². The lowest BCUT2D eigenvalue weighted by Gasteiger charge is -2.19. The van der Waals surface area contributed by atoms with Gasteiger partial charge in [0.15, 0.2) is 0 Å². The Morgan fingerprint density at radius 1 is 1.04 bits per heavy atom. The molecule has 0 aliphatic heterocycles. The second-order valence-electron chi connectivity index (χ2n) is 6.49. The van der Waals surface area contributed by atoms with Gasteiger partial charge in [0.2, 0.25) is 11.2 Å². The van der Waals surface area contributed by atoms with Crippen LogP contribution >= 0.6 is 0 Å². The molecule has 1 aromatic heterocycles. The van der Waals surface area contributed by atoms with Crippen molar-refractivity contribution in [2.75, 3.05) is 0 Å². The largest absolute Gasteiger partial charge is 0.508 e. The number of phenolic OH excluding ortho intramolecular Hbond substituents is 1. The van der Waals surface area contributed by atoms with E-state index >= 15 is 0 Å². The number of phenols is 1. The van der Waals surface area contributed by atoms with Gasteiger partial charge in [-0.3, -0.25) is 4.79 Å². The van der Waals surface area contributed by atoms with E-state index in [9.17, 15) is 9.90 Å². The third-order valence-corrected chi connectivity index (χ3v) is 3.67. The van der Waals surface area contributed by atoms with Crippen molar-refractivity contribution in [1.29, 1.82) is 0 Å². The molecule has 0 radical (unpaired) electrons. The Bertz CT molecular complexity index is 899. The summed E-state index contributed by atoms with van der Waals surface area (Å²) in [6, 6.07) is 12.0. The Hall–Kier alpha value is -2.75. The third kappa shape index (κ3) is 3.06. The molecule has 2 aromatic carbocycles. The highest BCUT2D eigenvalue weighted by molar-refractivity contribution is 5.78. The zero-order valence-electron chi connectivity index (χ0n) is 13.3. The van der Waals surface area contributed by atoms with Crippen LogP contribution in [-0.4, -0.2) is 5.11 Å². The molecule has 0 saturated heterocycles. The number of benzene rings is 2. The highest BCUT2D eigenvalue weighted by Crippen LogP contribution is 2.27. The molecule has 0 saturated carbocycles. The number of fused-ring (bicyclic) bond motifs is 1. The van der Waals surface area contributed by atoms with Crippen molar-refractivity contribution < 1.29 is 14.3 Å². The number of rotatable bonds is 2. The van der Waals surface area contributed by atoms with Crippen molar-refractivity contribution in [1.82, 2.24) is 0 Å². The maximum Gasteiger partial charge on any atom is 0.235 e. The lowest BCUT2D eigenvalue weighted by molar-refractivity contribution is 0.448. The summed E-state index contributed by atoms with van der Waals surface area (Å²) in [6.45, 7) is 6.41. The summed E-state index contributed by atoms with van der Waals surface area (Å²) >= 11 is 0. The van der Waals surface area contributed by atoms with E-state index in [0.717, 1.165) is 0 Å². The van der Waals surface area contributed by atoms with Crippen LogP contribution in [0.15, 0.2) is 57.9 Å². The summed E-state index contributed by atoms with van der Waals surface area (Å²) in [5.74, 6) is 0.738. The molecule has 4 heteroatoms. The van der Waals surface area contributed by atoms with Crippen LogP contribution in [0.1, 0.15) is 26.3 Å². The fourth-order valence-electron chi connectivity index (χ4n) is 2.32. The standard InChI is InChI=1S/C19H18O4/c1-19(2,3)12-4-7-14(8-5-12)23-17-11-22-16-10-13(20)6-9-15(16)18(17)21/h4-11,20H,1-3H3. The van der Waals surface area contributed by atoms with Crippen molar-refractivity contribution in [3.8, 4) is 17.2 Å². The van der Waals surface area contributed by atoms with E-state index in [1.165, 1.54) is 30.0 Å². The van der Waals surface area contributed by atoms with E-state index in [1.807, 2.05) is 24.3 Å². The second-order valence-corrected chi connectivity index (χ2v) is 6.49. The van der Waals surface area contributed by atoms with E-state index in [1.54, 1.807) is 0 Å². The monoisotopic (exact) mass is 310 g/mol. The van der Waals surface area contributed by atoms with Gasteiger partial charge in [0.1, 0.15) is 23.3 Å². The average Bonchev–Trinajstić information content (AvgIpc) is 2.50. The highest BCUT2D eigenvalue weighted by Gasteiger charge is 2.14. The fourth-order valence-corrected chi connectivity index (χ4v) is 2.32. The van der Waals surface area contributed by atoms with Gasteiger partial charge >= 0.3 is 0 Å². The van der Waals surface area contributed by atoms with Gasteiger partial charge < -0.3 is 14.3 Å². The Balaban J connectivity index is 1.94. The smallest absolute Gasteiger partial charge is 0.235 e.